The van der Waals surface area contributed by atoms with Gasteiger partial charge in [-0.15, -0.1) is 0 Å². The number of nitrogens with zero attached hydrogens (tertiary/aromatic N) is 1. The number of hydrogen-bond acceptors (Lipinski definition) is 8. The summed E-state index contributed by atoms with van der Waals surface area (Å²) in [5, 5.41) is 28.1. The second-order valence-electron chi connectivity index (χ2n) is 7.94. The minimum atomic E-state index is -4.02. The highest BCUT2D eigenvalue weighted by Gasteiger charge is 2.09. The smallest absolute Gasteiger partial charge is 0.294 e. The molecule has 0 saturated heterocycles. The number of rotatable bonds is 7. The molecule has 0 amide bonds. The molecule has 11 nitrogen and oxygen atoms in total. The van der Waals surface area contributed by atoms with Crippen LogP contribution in [0.4, 0.5) is 5.69 Å². The summed E-state index contributed by atoms with van der Waals surface area (Å²) in [4.78, 5) is 9.78. The maximum atomic E-state index is 10.5. The fourth-order valence-electron chi connectivity index (χ4n) is 2.69. The molecule has 0 spiro atoms. The van der Waals surface area contributed by atoms with E-state index in [0.717, 1.165) is 16.7 Å². The van der Waals surface area contributed by atoms with E-state index in [0.29, 0.717) is 6.42 Å². The van der Waals surface area contributed by atoms with Crippen molar-refractivity contribution in [3.05, 3.63) is 99.6 Å². The standard InChI is InChI=1S/C10H13NO4.2C7H8O3S/c12-6-9(7-13)5-8-1-3-10(4-2-8)11(14)15;2*1-6-2-4-7(5-3-6)11(8,9)10/h1-4,9,12-13H,5-7H2;2*2-5H,1H3,(H,8,9,10). The van der Waals surface area contributed by atoms with Gasteiger partial charge in [0.2, 0.25) is 0 Å². The SMILES string of the molecule is Cc1ccc(S(=O)(=O)O)cc1.Cc1ccc(S(=O)(=O)O)cc1.O=[N+]([O-])c1ccc(CC(CO)CO)cc1. The Hall–Kier alpha value is -3.20. The van der Waals surface area contributed by atoms with Crippen LogP contribution in [0.3, 0.4) is 0 Å². The van der Waals surface area contributed by atoms with Crippen LogP contribution in [-0.4, -0.2) is 54.3 Å². The number of nitro benzene ring substituents is 1. The Morgan fingerprint density at radius 2 is 1.05 bits per heavy atom. The van der Waals surface area contributed by atoms with E-state index in [1.807, 2.05) is 13.8 Å². The zero-order valence-corrected chi connectivity index (χ0v) is 21.8. The van der Waals surface area contributed by atoms with Crippen LogP contribution in [0.1, 0.15) is 16.7 Å². The Balaban J connectivity index is 0.000000283. The van der Waals surface area contributed by atoms with E-state index in [1.165, 1.54) is 36.4 Å². The Morgan fingerprint density at radius 3 is 1.32 bits per heavy atom. The zero-order chi connectivity index (χ0) is 28.2. The lowest BCUT2D eigenvalue weighted by molar-refractivity contribution is -0.384. The number of nitro groups is 1. The van der Waals surface area contributed by atoms with Crippen LogP contribution in [0.5, 0.6) is 0 Å². The molecule has 0 bridgehead atoms. The van der Waals surface area contributed by atoms with Crippen molar-refractivity contribution in [3.8, 4) is 0 Å². The molecular weight excluding hydrogens is 526 g/mol. The maximum absolute atomic E-state index is 10.5. The van der Waals surface area contributed by atoms with Gasteiger partial charge in [-0.2, -0.15) is 16.8 Å². The minimum absolute atomic E-state index is 0.0447. The molecule has 0 unspecified atom stereocenters. The number of hydrogen-bond donors (Lipinski definition) is 4. The molecule has 0 aromatic heterocycles. The van der Waals surface area contributed by atoms with Gasteiger partial charge in [-0.1, -0.05) is 47.5 Å². The van der Waals surface area contributed by atoms with E-state index < -0.39 is 25.2 Å². The van der Waals surface area contributed by atoms with Crippen molar-refractivity contribution in [2.24, 2.45) is 5.92 Å². The number of aliphatic hydroxyl groups excluding tert-OH is 2. The fourth-order valence-corrected chi connectivity index (χ4v) is 3.65. The number of aliphatic hydroxyl groups is 2. The summed E-state index contributed by atoms with van der Waals surface area (Å²) in [6.07, 6.45) is 0.519. The van der Waals surface area contributed by atoms with Gasteiger partial charge in [0, 0.05) is 31.3 Å². The van der Waals surface area contributed by atoms with Crippen LogP contribution >= 0.6 is 0 Å². The van der Waals surface area contributed by atoms with Crippen molar-refractivity contribution in [2.75, 3.05) is 13.2 Å². The molecule has 37 heavy (non-hydrogen) atoms. The summed E-state index contributed by atoms with van der Waals surface area (Å²) in [5.74, 6) is -0.202. The Bertz CT molecular complexity index is 1260. The number of aryl methyl sites for hydroxylation is 2. The van der Waals surface area contributed by atoms with E-state index in [-0.39, 0.29) is 34.6 Å². The summed E-state index contributed by atoms with van der Waals surface area (Å²) < 4.78 is 59.1. The van der Waals surface area contributed by atoms with Gasteiger partial charge in [-0.25, -0.2) is 0 Å². The van der Waals surface area contributed by atoms with Crippen LogP contribution in [0.2, 0.25) is 0 Å². The van der Waals surface area contributed by atoms with Gasteiger partial charge in [0.05, 0.1) is 14.7 Å². The zero-order valence-electron chi connectivity index (χ0n) is 20.1. The molecule has 202 valence electrons. The first-order chi connectivity index (χ1) is 17.2. The molecular formula is C24H29NO10S2. The van der Waals surface area contributed by atoms with Crippen LogP contribution in [0.15, 0.2) is 82.6 Å². The summed E-state index contributed by atoms with van der Waals surface area (Å²) in [6, 6.07) is 18.1. The van der Waals surface area contributed by atoms with Gasteiger partial charge in [-0.05, 0) is 50.1 Å². The van der Waals surface area contributed by atoms with Crippen molar-refractivity contribution in [3.63, 3.8) is 0 Å². The molecule has 3 aromatic rings. The van der Waals surface area contributed by atoms with Gasteiger partial charge in [-0.3, -0.25) is 19.2 Å². The average molecular weight is 556 g/mol. The monoisotopic (exact) mass is 555 g/mol. The average Bonchev–Trinajstić information content (AvgIpc) is 2.83. The fraction of sp³-hybridized carbons (Fsp3) is 0.250. The molecule has 0 aliphatic rings. The summed E-state index contributed by atoms with van der Waals surface area (Å²) in [5.41, 5.74) is 2.83. The van der Waals surface area contributed by atoms with Crippen molar-refractivity contribution in [2.45, 2.75) is 30.1 Å². The molecule has 0 heterocycles. The largest absolute Gasteiger partial charge is 0.396 e. The topological polar surface area (TPSA) is 192 Å². The second kappa shape index (κ2) is 14.5. The quantitative estimate of drug-likeness (QED) is 0.191. The minimum Gasteiger partial charge on any atom is -0.396 e. The molecule has 4 N–H and O–H groups in total. The Labute approximate surface area is 215 Å². The van der Waals surface area contributed by atoms with Gasteiger partial charge in [0.1, 0.15) is 0 Å². The van der Waals surface area contributed by atoms with Crippen molar-refractivity contribution < 1.29 is 41.1 Å². The maximum Gasteiger partial charge on any atom is 0.294 e. The van der Waals surface area contributed by atoms with Crippen molar-refractivity contribution in [1.29, 1.82) is 0 Å². The summed E-state index contributed by atoms with van der Waals surface area (Å²) >= 11 is 0. The summed E-state index contributed by atoms with van der Waals surface area (Å²) in [6.45, 7) is 3.50. The lowest BCUT2D eigenvalue weighted by atomic mass is 10.0. The molecule has 0 radical (unpaired) electrons. The third-order valence-corrected chi connectivity index (χ3v) is 6.56. The predicted octanol–water partition coefficient (Wildman–Crippen LogP) is 3.22. The molecule has 0 aliphatic carbocycles. The van der Waals surface area contributed by atoms with E-state index in [2.05, 4.69) is 0 Å². The molecule has 0 aliphatic heterocycles. The Kier molecular flexibility index (Phi) is 12.5. The van der Waals surface area contributed by atoms with Crippen molar-refractivity contribution >= 4 is 25.9 Å². The molecule has 0 saturated carbocycles. The summed E-state index contributed by atoms with van der Waals surface area (Å²) in [7, 11) is -8.04. The first-order valence-corrected chi connectivity index (χ1v) is 13.6. The van der Waals surface area contributed by atoms with Crippen LogP contribution < -0.4 is 0 Å². The van der Waals surface area contributed by atoms with Gasteiger partial charge in [0.25, 0.3) is 25.9 Å². The highest BCUT2D eigenvalue weighted by Crippen LogP contribution is 2.15. The van der Waals surface area contributed by atoms with Crippen LogP contribution in [0.25, 0.3) is 0 Å². The lowest BCUT2D eigenvalue weighted by Gasteiger charge is -2.09. The highest BCUT2D eigenvalue weighted by atomic mass is 32.2. The van der Waals surface area contributed by atoms with Gasteiger partial charge >= 0.3 is 0 Å². The van der Waals surface area contributed by atoms with E-state index in [1.54, 1.807) is 36.4 Å². The van der Waals surface area contributed by atoms with E-state index >= 15 is 0 Å². The first-order valence-electron chi connectivity index (χ1n) is 10.7. The molecule has 3 rings (SSSR count). The van der Waals surface area contributed by atoms with Crippen LogP contribution in [-0.2, 0) is 26.7 Å². The molecule has 0 atom stereocenters. The van der Waals surface area contributed by atoms with Gasteiger partial charge < -0.3 is 10.2 Å². The van der Waals surface area contributed by atoms with Crippen LogP contribution in [0, 0.1) is 29.9 Å². The lowest BCUT2D eigenvalue weighted by Crippen LogP contribution is -2.13. The number of non-ortho nitro benzene ring substituents is 1. The van der Waals surface area contributed by atoms with Crippen molar-refractivity contribution in [1.82, 2.24) is 0 Å². The molecule has 0 fully saturated rings. The molecule has 3 aromatic carbocycles. The van der Waals surface area contributed by atoms with Gasteiger partial charge in [0.15, 0.2) is 0 Å². The number of benzene rings is 3. The second-order valence-corrected chi connectivity index (χ2v) is 10.8. The predicted molar refractivity (Wildman–Crippen MR) is 136 cm³/mol. The first kappa shape index (κ1) is 31.8. The normalized spacial score (nSPS) is 11.1. The van der Waals surface area contributed by atoms with E-state index in [9.17, 15) is 26.9 Å². The molecule has 13 heteroatoms. The third-order valence-electron chi connectivity index (χ3n) is 4.83. The van der Waals surface area contributed by atoms with E-state index in [4.69, 9.17) is 19.3 Å². The highest BCUT2D eigenvalue weighted by molar-refractivity contribution is 7.86. The Morgan fingerprint density at radius 1 is 0.703 bits per heavy atom. The third kappa shape index (κ3) is 12.1.